The summed E-state index contributed by atoms with van der Waals surface area (Å²) in [7, 11) is 2.53. The molecule has 0 spiro atoms. The van der Waals surface area contributed by atoms with E-state index in [9.17, 15) is 14.4 Å². The minimum atomic E-state index is -0.660. The van der Waals surface area contributed by atoms with Gasteiger partial charge in [0.2, 0.25) is 5.91 Å². The summed E-state index contributed by atoms with van der Waals surface area (Å²) >= 11 is 0. The van der Waals surface area contributed by atoms with E-state index in [4.69, 9.17) is 9.47 Å². The fraction of sp³-hybridized carbons (Fsp3) is 0.286. The van der Waals surface area contributed by atoms with Crippen LogP contribution in [-0.4, -0.2) is 43.1 Å². The Hall–Kier alpha value is -4.20. The lowest BCUT2D eigenvalue weighted by atomic mass is 9.93. The molecule has 0 bridgehead atoms. The highest BCUT2D eigenvalue weighted by atomic mass is 16.5. The molecule has 0 unspecified atom stereocenters. The number of esters is 2. The zero-order valence-corrected chi connectivity index (χ0v) is 20.5. The molecule has 3 aromatic rings. The van der Waals surface area contributed by atoms with Crippen LogP contribution in [0.2, 0.25) is 0 Å². The van der Waals surface area contributed by atoms with Crippen molar-refractivity contribution in [2.45, 2.75) is 38.6 Å². The van der Waals surface area contributed by atoms with Gasteiger partial charge in [-0.3, -0.25) is 9.78 Å². The average Bonchev–Trinajstić information content (AvgIpc) is 3.72. The van der Waals surface area contributed by atoms with E-state index in [2.05, 4.69) is 16.4 Å². The molecule has 2 heterocycles. The highest BCUT2D eigenvalue weighted by Crippen LogP contribution is 2.43. The number of carbonyl (C=O) groups is 3. The molecule has 1 aliphatic carbocycles. The number of benzene rings is 2. The monoisotopic (exact) mass is 485 g/mol. The lowest BCUT2D eigenvalue weighted by molar-refractivity contribution is -0.119. The van der Waals surface area contributed by atoms with Crippen LogP contribution in [0.25, 0.3) is 11.1 Å². The van der Waals surface area contributed by atoms with Gasteiger partial charge in [-0.2, -0.15) is 0 Å². The molecule has 1 amide bonds. The first-order valence-electron chi connectivity index (χ1n) is 11.9. The average molecular weight is 486 g/mol. The summed E-state index contributed by atoms with van der Waals surface area (Å²) in [6.45, 7) is 1.93. The summed E-state index contributed by atoms with van der Waals surface area (Å²) in [5, 5.41) is 3.37. The highest BCUT2D eigenvalue weighted by molar-refractivity contribution is 6.08. The van der Waals surface area contributed by atoms with Gasteiger partial charge in [-0.25, -0.2) is 9.59 Å². The van der Waals surface area contributed by atoms with Crippen LogP contribution in [-0.2, 0) is 20.7 Å². The zero-order valence-electron chi connectivity index (χ0n) is 20.5. The summed E-state index contributed by atoms with van der Waals surface area (Å²) in [6.07, 6.45) is 4.89. The standard InChI is InChI=1S/C28H27N3O5/c1-16-13-17(11-12-29-16)21-14-18-7-10-25(32)31(19-8-9-19)24(18)15-23(21)30-22-6-4-5-20(27(33)35-2)26(22)28(34)36-3/h4-6,11-15,19,30H,7-10H2,1-3H3. The molecule has 1 fully saturated rings. The van der Waals surface area contributed by atoms with Gasteiger partial charge in [-0.15, -0.1) is 0 Å². The number of methoxy groups -OCH3 is 2. The van der Waals surface area contributed by atoms with Crippen LogP contribution >= 0.6 is 0 Å². The molecule has 184 valence electrons. The molecule has 1 N–H and O–H groups in total. The van der Waals surface area contributed by atoms with Crippen LogP contribution in [0.15, 0.2) is 48.7 Å². The topological polar surface area (TPSA) is 97.8 Å². The van der Waals surface area contributed by atoms with Crippen LogP contribution in [0.3, 0.4) is 0 Å². The van der Waals surface area contributed by atoms with E-state index in [1.54, 1.807) is 18.3 Å². The number of nitrogens with zero attached hydrogens (tertiary/aromatic N) is 2. The van der Waals surface area contributed by atoms with E-state index < -0.39 is 11.9 Å². The Kier molecular flexibility index (Phi) is 6.18. The van der Waals surface area contributed by atoms with Gasteiger partial charge in [0, 0.05) is 41.3 Å². The van der Waals surface area contributed by atoms with Crippen LogP contribution < -0.4 is 10.2 Å². The lowest BCUT2D eigenvalue weighted by Gasteiger charge is -2.31. The van der Waals surface area contributed by atoms with Gasteiger partial charge in [0.05, 0.1) is 31.0 Å². The lowest BCUT2D eigenvalue weighted by Crippen LogP contribution is -2.37. The smallest absolute Gasteiger partial charge is 0.340 e. The Morgan fingerprint density at radius 2 is 1.78 bits per heavy atom. The third-order valence-electron chi connectivity index (χ3n) is 6.60. The van der Waals surface area contributed by atoms with E-state index in [0.29, 0.717) is 24.2 Å². The van der Waals surface area contributed by atoms with Crippen molar-refractivity contribution < 1.29 is 23.9 Å². The number of amides is 1. The molecule has 0 radical (unpaired) electrons. The Morgan fingerprint density at radius 1 is 1.00 bits per heavy atom. The van der Waals surface area contributed by atoms with Gasteiger partial charge in [0.25, 0.3) is 0 Å². The minimum absolute atomic E-state index is 0.0801. The summed E-state index contributed by atoms with van der Waals surface area (Å²) in [4.78, 5) is 44.3. The van der Waals surface area contributed by atoms with E-state index in [-0.39, 0.29) is 23.1 Å². The number of carbonyl (C=O) groups excluding carboxylic acids is 3. The first-order chi connectivity index (χ1) is 17.4. The number of hydrogen-bond acceptors (Lipinski definition) is 7. The Bertz CT molecular complexity index is 1380. The number of pyridine rings is 1. The van der Waals surface area contributed by atoms with Crippen molar-refractivity contribution in [1.29, 1.82) is 0 Å². The number of rotatable bonds is 6. The number of ether oxygens (including phenoxy) is 2. The van der Waals surface area contributed by atoms with Gasteiger partial charge in [-0.1, -0.05) is 6.07 Å². The third kappa shape index (κ3) is 4.30. The van der Waals surface area contributed by atoms with Crippen LogP contribution in [0.1, 0.15) is 51.2 Å². The van der Waals surface area contributed by atoms with Crippen molar-refractivity contribution >= 4 is 34.9 Å². The Morgan fingerprint density at radius 3 is 2.47 bits per heavy atom. The molecule has 5 rings (SSSR count). The number of fused-ring (bicyclic) bond motifs is 1. The van der Waals surface area contributed by atoms with Crippen molar-refractivity contribution in [3.05, 3.63) is 71.0 Å². The Labute approximate surface area is 209 Å². The fourth-order valence-corrected chi connectivity index (χ4v) is 4.75. The van der Waals surface area contributed by atoms with Crippen molar-refractivity contribution in [1.82, 2.24) is 4.98 Å². The SMILES string of the molecule is COC(=O)c1cccc(Nc2cc3c(cc2-c2ccnc(C)c2)CCC(=O)N3C2CC2)c1C(=O)OC. The first-order valence-corrected chi connectivity index (χ1v) is 11.9. The largest absolute Gasteiger partial charge is 0.465 e. The molecule has 8 heteroatoms. The molecule has 0 saturated heterocycles. The molecular weight excluding hydrogens is 458 g/mol. The second kappa shape index (κ2) is 9.45. The maximum absolute atomic E-state index is 12.8. The van der Waals surface area contributed by atoms with E-state index >= 15 is 0 Å². The van der Waals surface area contributed by atoms with E-state index in [0.717, 1.165) is 40.9 Å². The van der Waals surface area contributed by atoms with Gasteiger partial charge in [0.1, 0.15) is 0 Å². The zero-order chi connectivity index (χ0) is 25.4. The van der Waals surface area contributed by atoms with Crippen LogP contribution in [0.5, 0.6) is 0 Å². The number of anilines is 3. The van der Waals surface area contributed by atoms with Crippen molar-refractivity contribution in [3.8, 4) is 11.1 Å². The molecule has 0 atom stereocenters. The van der Waals surface area contributed by atoms with Crippen molar-refractivity contribution in [3.63, 3.8) is 0 Å². The second-order valence-electron chi connectivity index (χ2n) is 9.04. The maximum atomic E-state index is 12.8. The number of hydrogen-bond donors (Lipinski definition) is 1. The van der Waals surface area contributed by atoms with E-state index in [1.165, 1.54) is 20.3 Å². The number of aryl methyl sites for hydroxylation is 2. The highest BCUT2D eigenvalue weighted by Gasteiger charge is 2.37. The van der Waals surface area contributed by atoms with Crippen LogP contribution in [0.4, 0.5) is 17.1 Å². The molecule has 36 heavy (non-hydrogen) atoms. The maximum Gasteiger partial charge on any atom is 0.340 e. The third-order valence-corrected chi connectivity index (χ3v) is 6.60. The van der Waals surface area contributed by atoms with Crippen LogP contribution in [0, 0.1) is 6.92 Å². The quantitative estimate of drug-likeness (QED) is 0.500. The molecule has 1 saturated carbocycles. The number of aromatic nitrogens is 1. The van der Waals surface area contributed by atoms with Gasteiger partial charge < -0.3 is 19.7 Å². The minimum Gasteiger partial charge on any atom is -0.465 e. The Balaban J connectivity index is 1.69. The molecule has 2 aromatic carbocycles. The van der Waals surface area contributed by atoms with Crippen molar-refractivity contribution in [2.24, 2.45) is 0 Å². The van der Waals surface area contributed by atoms with E-state index in [1.807, 2.05) is 30.0 Å². The predicted octanol–water partition coefficient (Wildman–Crippen LogP) is 4.82. The molecule has 2 aliphatic rings. The molecule has 1 aliphatic heterocycles. The second-order valence-corrected chi connectivity index (χ2v) is 9.04. The summed E-state index contributed by atoms with van der Waals surface area (Å²) in [5.74, 6) is -1.17. The predicted molar refractivity (Wildman–Crippen MR) is 136 cm³/mol. The molecule has 8 nitrogen and oxygen atoms in total. The van der Waals surface area contributed by atoms with Gasteiger partial charge >= 0.3 is 11.9 Å². The molecular formula is C28H27N3O5. The molecule has 1 aromatic heterocycles. The fourth-order valence-electron chi connectivity index (χ4n) is 4.75. The van der Waals surface area contributed by atoms with Gasteiger partial charge in [-0.05, 0) is 73.7 Å². The summed E-state index contributed by atoms with van der Waals surface area (Å²) in [6, 6.07) is 13.1. The summed E-state index contributed by atoms with van der Waals surface area (Å²) in [5.41, 5.74) is 6.00. The van der Waals surface area contributed by atoms with Crippen molar-refractivity contribution in [2.75, 3.05) is 24.4 Å². The number of nitrogens with one attached hydrogen (secondary N) is 1. The summed E-state index contributed by atoms with van der Waals surface area (Å²) < 4.78 is 9.89. The van der Waals surface area contributed by atoms with Gasteiger partial charge in [0.15, 0.2) is 0 Å². The normalized spacial score (nSPS) is 14.8. The first kappa shape index (κ1) is 23.5.